The van der Waals surface area contributed by atoms with Gasteiger partial charge >= 0.3 is 6.36 Å². The van der Waals surface area contributed by atoms with Crippen LogP contribution in [0.5, 0.6) is 17.2 Å². The Labute approximate surface area is 193 Å². The first kappa shape index (κ1) is 21.9. The van der Waals surface area contributed by atoms with Crippen molar-refractivity contribution in [1.29, 1.82) is 0 Å². The van der Waals surface area contributed by atoms with E-state index in [1.807, 2.05) is 48.5 Å². The normalized spacial score (nSPS) is 19.9. The third-order valence-corrected chi connectivity index (χ3v) is 6.38. The van der Waals surface area contributed by atoms with Gasteiger partial charge in [-0.25, -0.2) is 0 Å². The lowest BCUT2D eigenvalue weighted by molar-refractivity contribution is -0.274. The molecule has 5 nitrogen and oxygen atoms in total. The second kappa shape index (κ2) is 9.17. The van der Waals surface area contributed by atoms with Crippen molar-refractivity contribution >= 4 is 23.3 Å². The number of anilines is 2. The molecule has 1 fully saturated rings. The Hall–Kier alpha value is -2.88. The predicted octanol–water partition coefficient (Wildman–Crippen LogP) is 6.28. The monoisotopic (exact) mass is 474 g/mol. The number of halogens is 3. The number of ether oxygens (including phenoxy) is 3. The predicted molar refractivity (Wildman–Crippen MR) is 120 cm³/mol. The molecule has 2 atom stereocenters. The molecule has 0 aliphatic carbocycles. The van der Waals surface area contributed by atoms with Crippen molar-refractivity contribution in [3.63, 3.8) is 0 Å². The number of alkyl halides is 3. The van der Waals surface area contributed by atoms with Crippen LogP contribution in [0.4, 0.5) is 24.5 Å². The van der Waals surface area contributed by atoms with E-state index in [1.165, 1.54) is 24.1 Å². The summed E-state index contributed by atoms with van der Waals surface area (Å²) in [7, 11) is 0. The summed E-state index contributed by atoms with van der Waals surface area (Å²) in [4.78, 5) is 3.06. The van der Waals surface area contributed by atoms with Crippen LogP contribution in [0, 0.1) is 0 Å². The molecule has 0 amide bonds. The Kier molecular flexibility index (Phi) is 6.09. The van der Waals surface area contributed by atoms with Gasteiger partial charge in [0, 0.05) is 10.9 Å². The minimum absolute atomic E-state index is 0.0574. The van der Waals surface area contributed by atoms with E-state index in [-0.39, 0.29) is 17.8 Å². The minimum Gasteiger partial charge on any atom is -0.453 e. The molecule has 1 N–H and O–H groups in total. The molecule has 3 aromatic carbocycles. The highest BCUT2D eigenvalue weighted by atomic mass is 32.2. The summed E-state index contributed by atoms with van der Waals surface area (Å²) in [5, 5.41) is 0. The average Bonchev–Trinajstić information content (AvgIpc) is 2.81. The average molecular weight is 475 g/mol. The molecule has 2 aliphatic heterocycles. The fourth-order valence-corrected chi connectivity index (χ4v) is 4.80. The molecule has 1 unspecified atom stereocenters. The van der Waals surface area contributed by atoms with Crippen molar-refractivity contribution in [2.45, 2.75) is 29.8 Å². The highest BCUT2D eigenvalue weighted by molar-refractivity contribution is 7.97. The Morgan fingerprint density at radius 3 is 2.15 bits per heavy atom. The van der Waals surface area contributed by atoms with Crippen LogP contribution >= 0.6 is 11.9 Å². The van der Waals surface area contributed by atoms with E-state index in [1.54, 1.807) is 12.1 Å². The summed E-state index contributed by atoms with van der Waals surface area (Å²) in [6.07, 6.45) is -3.87. The zero-order chi connectivity index (χ0) is 22.8. The zero-order valence-electron chi connectivity index (χ0n) is 17.4. The molecule has 0 spiro atoms. The van der Waals surface area contributed by atoms with E-state index < -0.39 is 6.36 Å². The van der Waals surface area contributed by atoms with Crippen molar-refractivity contribution in [3.8, 4) is 17.2 Å². The fraction of sp³-hybridized carbons (Fsp3) is 0.250. The van der Waals surface area contributed by atoms with Gasteiger partial charge < -0.3 is 19.1 Å². The van der Waals surface area contributed by atoms with Gasteiger partial charge in [-0.3, -0.25) is 4.72 Å². The van der Waals surface area contributed by atoms with Crippen LogP contribution < -0.4 is 19.1 Å². The van der Waals surface area contributed by atoms with Gasteiger partial charge in [-0.05, 0) is 66.9 Å². The van der Waals surface area contributed by atoms with Crippen LogP contribution in [0.1, 0.15) is 6.42 Å². The van der Waals surface area contributed by atoms with E-state index in [4.69, 9.17) is 9.47 Å². The van der Waals surface area contributed by atoms with Gasteiger partial charge in [0.25, 0.3) is 0 Å². The highest BCUT2D eigenvalue weighted by Gasteiger charge is 2.34. The molecule has 5 rings (SSSR count). The Morgan fingerprint density at radius 1 is 0.879 bits per heavy atom. The van der Waals surface area contributed by atoms with Crippen LogP contribution in [-0.4, -0.2) is 31.7 Å². The standard InChI is InChI=1S/C24H21F3N2O3S/c25-24(26,27)32-18-9-11-19(12-10-18)33-28-16-13-17(15-30-14-16)29-20-5-1-3-7-22(20)31-23-8-4-2-6-21(23)29/h1-12,16-17,28H,13-15H2/t16-,17?/m1/s1. The van der Waals surface area contributed by atoms with Gasteiger partial charge in [-0.2, -0.15) is 0 Å². The minimum atomic E-state index is -4.70. The Bertz CT molecular complexity index is 1070. The maximum Gasteiger partial charge on any atom is 0.573 e. The number of rotatable bonds is 5. The molecule has 33 heavy (non-hydrogen) atoms. The third kappa shape index (κ3) is 5.05. The largest absolute Gasteiger partial charge is 0.573 e. The molecule has 2 heterocycles. The number of para-hydroxylation sites is 4. The van der Waals surface area contributed by atoms with Crippen molar-refractivity contribution in [2.75, 3.05) is 18.1 Å². The van der Waals surface area contributed by atoms with Crippen LogP contribution in [0.25, 0.3) is 0 Å². The number of hydrogen-bond donors (Lipinski definition) is 1. The topological polar surface area (TPSA) is 43.0 Å². The number of nitrogens with one attached hydrogen (secondary N) is 1. The summed E-state index contributed by atoms with van der Waals surface area (Å²) in [6, 6.07) is 21.8. The van der Waals surface area contributed by atoms with Crippen molar-refractivity contribution in [2.24, 2.45) is 0 Å². The number of hydrogen-bond acceptors (Lipinski definition) is 6. The van der Waals surface area contributed by atoms with Crippen molar-refractivity contribution in [3.05, 3.63) is 72.8 Å². The summed E-state index contributed by atoms with van der Waals surface area (Å²) < 4.78 is 56.4. The number of fused-ring (bicyclic) bond motifs is 2. The second-order valence-electron chi connectivity index (χ2n) is 7.77. The molecule has 172 valence electrons. The maximum atomic E-state index is 12.3. The smallest absolute Gasteiger partial charge is 0.453 e. The summed E-state index contributed by atoms with van der Waals surface area (Å²) in [5.41, 5.74) is 2.00. The van der Waals surface area contributed by atoms with Crippen molar-refractivity contribution < 1.29 is 27.4 Å². The quantitative estimate of drug-likeness (QED) is 0.439. The molecule has 0 saturated carbocycles. The van der Waals surface area contributed by atoms with Gasteiger partial charge in [0.1, 0.15) is 5.75 Å². The molecule has 0 radical (unpaired) electrons. The Morgan fingerprint density at radius 2 is 1.52 bits per heavy atom. The van der Waals surface area contributed by atoms with Crippen LogP contribution in [-0.2, 0) is 4.74 Å². The van der Waals surface area contributed by atoms with Crippen LogP contribution in [0.2, 0.25) is 0 Å². The Balaban J connectivity index is 1.27. The fourth-order valence-electron chi connectivity index (χ4n) is 4.06. The van der Waals surface area contributed by atoms with Gasteiger partial charge in [-0.15, -0.1) is 13.2 Å². The zero-order valence-corrected chi connectivity index (χ0v) is 18.2. The molecular formula is C24H21F3N2O3S. The maximum absolute atomic E-state index is 12.3. The molecule has 9 heteroatoms. The van der Waals surface area contributed by atoms with E-state index in [0.29, 0.717) is 13.2 Å². The van der Waals surface area contributed by atoms with Gasteiger partial charge in [0.15, 0.2) is 11.5 Å². The first-order valence-electron chi connectivity index (χ1n) is 10.5. The molecule has 2 aliphatic rings. The lowest BCUT2D eigenvalue weighted by atomic mass is 10.0. The molecule has 0 bridgehead atoms. The molecule has 3 aromatic rings. The lowest BCUT2D eigenvalue weighted by Crippen LogP contribution is -2.47. The third-order valence-electron chi connectivity index (χ3n) is 5.42. The van der Waals surface area contributed by atoms with E-state index in [0.717, 1.165) is 34.2 Å². The van der Waals surface area contributed by atoms with Gasteiger partial charge in [0.05, 0.1) is 30.6 Å². The van der Waals surface area contributed by atoms with E-state index in [9.17, 15) is 13.2 Å². The van der Waals surface area contributed by atoms with Gasteiger partial charge in [-0.1, -0.05) is 24.3 Å². The SMILES string of the molecule is FC(F)(F)Oc1ccc(SN[C@H]2COCC(N3c4ccccc4Oc4ccccc43)C2)cc1. The van der Waals surface area contributed by atoms with E-state index in [2.05, 4.69) is 14.4 Å². The van der Waals surface area contributed by atoms with Gasteiger partial charge in [0.2, 0.25) is 0 Å². The summed E-state index contributed by atoms with van der Waals surface area (Å²) in [5.74, 6) is 1.38. The number of benzene rings is 3. The first-order chi connectivity index (χ1) is 16.0. The molecule has 0 aromatic heterocycles. The van der Waals surface area contributed by atoms with Crippen LogP contribution in [0.3, 0.4) is 0 Å². The van der Waals surface area contributed by atoms with E-state index >= 15 is 0 Å². The highest BCUT2D eigenvalue weighted by Crippen LogP contribution is 2.48. The molecular weight excluding hydrogens is 453 g/mol. The summed E-state index contributed by atoms with van der Waals surface area (Å²) in [6.45, 7) is 1.13. The molecule has 1 saturated heterocycles. The van der Waals surface area contributed by atoms with Crippen LogP contribution in [0.15, 0.2) is 77.7 Å². The first-order valence-corrected chi connectivity index (χ1v) is 11.3. The number of nitrogens with zero attached hydrogens (tertiary/aromatic N) is 1. The summed E-state index contributed by atoms with van der Waals surface area (Å²) >= 11 is 1.36. The lowest BCUT2D eigenvalue weighted by Gasteiger charge is -2.41. The second-order valence-corrected chi connectivity index (χ2v) is 8.68. The van der Waals surface area contributed by atoms with Crippen molar-refractivity contribution in [1.82, 2.24) is 4.72 Å².